The van der Waals surface area contributed by atoms with Crippen LogP contribution in [0.5, 0.6) is 0 Å². The lowest BCUT2D eigenvalue weighted by Crippen LogP contribution is -2.37. The molecule has 2 unspecified atom stereocenters. The van der Waals surface area contributed by atoms with Gasteiger partial charge in [-0.3, -0.25) is 9.59 Å². The normalized spacial score (nSPS) is 26.3. The molecule has 0 amide bonds. The number of unbranched alkanes of at least 4 members (excludes halogenated alkanes) is 3. The monoisotopic (exact) mass is 290 g/mol. The number of carbonyl (C=O) groups excluding carboxylic acids is 2. The van der Waals surface area contributed by atoms with Gasteiger partial charge in [-0.15, -0.1) is 11.6 Å². The molecule has 0 spiro atoms. The quantitative estimate of drug-likeness (QED) is 0.298. The molecule has 110 valence electrons. The molecule has 4 nitrogen and oxygen atoms in total. The summed E-state index contributed by atoms with van der Waals surface area (Å²) in [5.41, 5.74) is -1.12. The van der Waals surface area contributed by atoms with Crippen LogP contribution in [0.2, 0.25) is 0 Å². The molecule has 19 heavy (non-hydrogen) atoms. The van der Waals surface area contributed by atoms with Crippen molar-refractivity contribution in [3.63, 3.8) is 0 Å². The average molecular weight is 291 g/mol. The van der Waals surface area contributed by atoms with E-state index >= 15 is 0 Å². The van der Waals surface area contributed by atoms with E-state index in [4.69, 9.17) is 21.1 Å². The first kappa shape index (κ1) is 16.3. The SMILES string of the molecule is CCCCCCC1(C(=O)OCC)CC(CCl)OC1=O. The Bertz CT molecular complexity index is 319. The van der Waals surface area contributed by atoms with Crippen molar-refractivity contribution in [2.24, 2.45) is 5.41 Å². The summed E-state index contributed by atoms with van der Waals surface area (Å²) < 4.78 is 10.2. The van der Waals surface area contributed by atoms with Crippen molar-refractivity contribution in [2.45, 2.75) is 58.5 Å². The molecular formula is C14H23ClO4. The highest BCUT2D eigenvalue weighted by Gasteiger charge is 2.55. The van der Waals surface area contributed by atoms with Crippen LogP contribution < -0.4 is 0 Å². The van der Waals surface area contributed by atoms with Crippen molar-refractivity contribution in [3.8, 4) is 0 Å². The predicted octanol–water partition coefficient (Wildman–Crippen LogP) is 3.06. The van der Waals surface area contributed by atoms with E-state index in [-0.39, 0.29) is 18.6 Å². The molecule has 1 rings (SSSR count). The standard InChI is InChI=1S/C14H23ClO4/c1-3-5-6-7-8-14(12(16)18-4-2)9-11(10-15)19-13(14)17/h11H,3-10H2,1-2H3. The van der Waals surface area contributed by atoms with Crippen LogP contribution in [0.1, 0.15) is 52.4 Å². The van der Waals surface area contributed by atoms with Crippen LogP contribution in [0, 0.1) is 5.41 Å². The van der Waals surface area contributed by atoms with Gasteiger partial charge in [-0.2, -0.15) is 0 Å². The maximum atomic E-state index is 12.1. The van der Waals surface area contributed by atoms with E-state index in [1.807, 2.05) is 0 Å². The predicted molar refractivity (Wildman–Crippen MR) is 73.0 cm³/mol. The molecular weight excluding hydrogens is 268 g/mol. The lowest BCUT2D eigenvalue weighted by Gasteiger charge is -2.22. The van der Waals surface area contributed by atoms with Crippen molar-refractivity contribution < 1.29 is 19.1 Å². The van der Waals surface area contributed by atoms with Gasteiger partial charge in [-0.25, -0.2) is 0 Å². The number of ether oxygens (including phenoxy) is 2. The highest BCUT2D eigenvalue weighted by molar-refractivity contribution is 6.18. The number of alkyl halides is 1. The minimum Gasteiger partial charge on any atom is -0.465 e. The summed E-state index contributed by atoms with van der Waals surface area (Å²) in [7, 11) is 0. The van der Waals surface area contributed by atoms with Crippen molar-refractivity contribution in [1.29, 1.82) is 0 Å². The third kappa shape index (κ3) is 3.85. The van der Waals surface area contributed by atoms with Gasteiger partial charge in [-0.1, -0.05) is 32.6 Å². The van der Waals surface area contributed by atoms with E-state index in [2.05, 4.69) is 6.92 Å². The van der Waals surface area contributed by atoms with Crippen molar-refractivity contribution >= 4 is 23.5 Å². The first-order valence-electron chi connectivity index (χ1n) is 7.05. The molecule has 2 atom stereocenters. The van der Waals surface area contributed by atoms with Gasteiger partial charge >= 0.3 is 11.9 Å². The third-order valence-electron chi connectivity index (χ3n) is 3.54. The number of hydrogen-bond acceptors (Lipinski definition) is 4. The zero-order chi connectivity index (χ0) is 14.3. The van der Waals surface area contributed by atoms with Crippen LogP contribution >= 0.6 is 11.6 Å². The fourth-order valence-electron chi connectivity index (χ4n) is 2.46. The second kappa shape index (κ2) is 7.73. The Labute approximate surface area is 119 Å². The second-order valence-electron chi connectivity index (χ2n) is 5.00. The molecule has 1 saturated heterocycles. The van der Waals surface area contributed by atoms with E-state index < -0.39 is 17.4 Å². The van der Waals surface area contributed by atoms with Gasteiger partial charge in [-0.05, 0) is 13.3 Å². The van der Waals surface area contributed by atoms with Gasteiger partial charge in [0.15, 0.2) is 5.41 Å². The molecule has 5 heteroatoms. The Balaban J connectivity index is 2.73. The van der Waals surface area contributed by atoms with Crippen molar-refractivity contribution in [3.05, 3.63) is 0 Å². The number of esters is 2. The van der Waals surface area contributed by atoms with E-state index in [0.29, 0.717) is 12.8 Å². The number of hydrogen-bond donors (Lipinski definition) is 0. The summed E-state index contributed by atoms with van der Waals surface area (Å²) in [5.74, 6) is -0.695. The van der Waals surface area contributed by atoms with Crippen LogP contribution in [0.4, 0.5) is 0 Å². The largest absolute Gasteiger partial charge is 0.465 e. The molecule has 0 N–H and O–H groups in total. The third-order valence-corrected chi connectivity index (χ3v) is 3.88. The summed E-state index contributed by atoms with van der Waals surface area (Å²) in [4.78, 5) is 24.2. The molecule has 0 saturated carbocycles. The van der Waals surface area contributed by atoms with Gasteiger partial charge in [0.25, 0.3) is 0 Å². The summed E-state index contributed by atoms with van der Waals surface area (Å²) in [6.45, 7) is 4.13. The maximum Gasteiger partial charge on any atom is 0.323 e. The highest BCUT2D eigenvalue weighted by atomic mass is 35.5. The lowest BCUT2D eigenvalue weighted by molar-refractivity contribution is -0.165. The van der Waals surface area contributed by atoms with Crippen LogP contribution in [0.15, 0.2) is 0 Å². The van der Waals surface area contributed by atoms with E-state index in [1.165, 1.54) is 0 Å². The molecule has 1 aliphatic heterocycles. The van der Waals surface area contributed by atoms with Gasteiger partial charge in [0.2, 0.25) is 0 Å². The first-order chi connectivity index (χ1) is 9.10. The Morgan fingerprint density at radius 3 is 2.68 bits per heavy atom. The number of halogens is 1. The Hall–Kier alpha value is -0.770. The highest BCUT2D eigenvalue weighted by Crippen LogP contribution is 2.40. The van der Waals surface area contributed by atoms with Gasteiger partial charge in [0.05, 0.1) is 12.5 Å². The average Bonchev–Trinajstić information content (AvgIpc) is 2.73. The van der Waals surface area contributed by atoms with Crippen molar-refractivity contribution in [2.75, 3.05) is 12.5 Å². The maximum absolute atomic E-state index is 12.1. The molecule has 0 aliphatic carbocycles. The van der Waals surface area contributed by atoms with Gasteiger partial charge < -0.3 is 9.47 Å². The molecule has 0 aromatic rings. The summed E-state index contributed by atoms with van der Waals surface area (Å²) >= 11 is 5.74. The molecule has 1 aliphatic rings. The first-order valence-corrected chi connectivity index (χ1v) is 7.58. The van der Waals surface area contributed by atoms with E-state index in [9.17, 15) is 9.59 Å². The number of rotatable bonds is 8. The van der Waals surface area contributed by atoms with Crippen molar-refractivity contribution in [1.82, 2.24) is 0 Å². The summed E-state index contributed by atoms with van der Waals surface area (Å²) in [6.07, 6.45) is 4.53. The minimum atomic E-state index is -1.12. The molecule has 0 bridgehead atoms. The number of carbonyl (C=O) groups is 2. The molecule has 1 heterocycles. The van der Waals surface area contributed by atoms with E-state index in [0.717, 1.165) is 25.7 Å². The summed E-state index contributed by atoms with van der Waals surface area (Å²) in [5, 5.41) is 0. The second-order valence-corrected chi connectivity index (χ2v) is 5.31. The Kier molecular flexibility index (Phi) is 6.63. The Morgan fingerprint density at radius 2 is 2.16 bits per heavy atom. The molecule has 0 radical (unpaired) electrons. The van der Waals surface area contributed by atoms with Gasteiger partial charge in [0, 0.05) is 6.42 Å². The molecule has 1 fully saturated rings. The smallest absolute Gasteiger partial charge is 0.323 e. The van der Waals surface area contributed by atoms with Gasteiger partial charge in [0.1, 0.15) is 6.10 Å². The van der Waals surface area contributed by atoms with Crippen LogP contribution in [-0.4, -0.2) is 30.5 Å². The van der Waals surface area contributed by atoms with Crippen LogP contribution in [0.25, 0.3) is 0 Å². The topological polar surface area (TPSA) is 52.6 Å². The number of cyclic esters (lactones) is 1. The summed E-state index contributed by atoms with van der Waals surface area (Å²) in [6, 6.07) is 0. The Morgan fingerprint density at radius 1 is 1.42 bits per heavy atom. The van der Waals surface area contributed by atoms with Crippen LogP contribution in [0.3, 0.4) is 0 Å². The lowest BCUT2D eigenvalue weighted by atomic mass is 9.80. The molecule has 0 aromatic carbocycles. The van der Waals surface area contributed by atoms with Crippen LogP contribution in [-0.2, 0) is 19.1 Å². The molecule has 0 aromatic heterocycles. The zero-order valence-electron chi connectivity index (χ0n) is 11.7. The van der Waals surface area contributed by atoms with E-state index in [1.54, 1.807) is 6.92 Å². The fourth-order valence-corrected chi connectivity index (χ4v) is 2.63. The minimum absolute atomic E-state index is 0.224. The fraction of sp³-hybridized carbons (Fsp3) is 0.857. The zero-order valence-corrected chi connectivity index (χ0v) is 12.5.